The van der Waals surface area contributed by atoms with Gasteiger partial charge in [0.05, 0.1) is 11.7 Å². The van der Waals surface area contributed by atoms with E-state index >= 15 is 0 Å². The average Bonchev–Trinajstić information content (AvgIpc) is 3.26. The van der Waals surface area contributed by atoms with E-state index in [1.807, 2.05) is 35.2 Å². The van der Waals surface area contributed by atoms with Crippen molar-refractivity contribution in [2.24, 2.45) is 17.6 Å². The number of nitrogens with two attached hydrogens (primary N) is 1. The number of ether oxygens (including phenoxy) is 1. The van der Waals surface area contributed by atoms with Crippen LogP contribution >= 0.6 is 11.6 Å². The van der Waals surface area contributed by atoms with Crippen molar-refractivity contribution in [3.05, 3.63) is 69.7 Å². The summed E-state index contributed by atoms with van der Waals surface area (Å²) in [5.74, 6) is -0.331. The highest BCUT2D eigenvalue weighted by Gasteiger charge is 2.44. The minimum atomic E-state index is -1.14. The van der Waals surface area contributed by atoms with Gasteiger partial charge < -0.3 is 25.6 Å². The quantitative estimate of drug-likeness (QED) is 0.382. The summed E-state index contributed by atoms with van der Waals surface area (Å²) in [7, 11) is 1.69. The minimum Gasteiger partial charge on any atom is -0.391 e. The molecule has 0 spiro atoms. The zero-order valence-electron chi connectivity index (χ0n) is 22.7. The first-order valence-corrected chi connectivity index (χ1v) is 14.4. The number of carbonyl (C=O) groups is 1. The minimum absolute atomic E-state index is 0.0506. The molecule has 208 valence electrons. The van der Waals surface area contributed by atoms with Gasteiger partial charge in [-0.2, -0.15) is 0 Å². The Balaban J connectivity index is 1.65. The van der Waals surface area contributed by atoms with E-state index in [1.54, 1.807) is 7.11 Å². The molecule has 1 heterocycles. The first-order valence-electron chi connectivity index (χ1n) is 14.0. The molecule has 2 fully saturated rings. The van der Waals surface area contributed by atoms with E-state index in [1.165, 1.54) is 11.1 Å². The zero-order chi connectivity index (χ0) is 27.3. The largest absolute Gasteiger partial charge is 0.391 e. The number of carbonyl (C=O) groups excluding carboxylic acids is 1. The molecular weight excluding hydrogens is 500 g/mol. The van der Waals surface area contributed by atoms with Crippen molar-refractivity contribution in [1.82, 2.24) is 4.90 Å². The maximum Gasteiger partial charge on any atom is 0.225 e. The van der Waals surface area contributed by atoms with Crippen molar-refractivity contribution in [3.8, 4) is 0 Å². The Morgan fingerprint density at radius 2 is 1.97 bits per heavy atom. The molecule has 4 rings (SSSR count). The molecule has 1 unspecified atom stereocenters. The molecule has 0 bridgehead atoms. The number of benzene rings is 2. The van der Waals surface area contributed by atoms with E-state index in [-0.39, 0.29) is 23.8 Å². The lowest BCUT2D eigenvalue weighted by Gasteiger charge is -2.44. The summed E-state index contributed by atoms with van der Waals surface area (Å²) in [6.45, 7) is 3.89. The van der Waals surface area contributed by atoms with Crippen LogP contribution in [0.5, 0.6) is 0 Å². The average molecular weight is 543 g/mol. The second-order valence-corrected chi connectivity index (χ2v) is 11.7. The van der Waals surface area contributed by atoms with E-state index < -0.39 is 11.7 Å². The third kappa shape index (κ3) is 6.43. The first kappa shape index (κ1) is 29.0. The van der Waals surface area contributed by atoms with Crippen LogP contribution in [-0.2, 0) is 21.6 Å². The van der Waals surface area contributed by atoms with Crippen molar-refractivity contribution >= 4 is 17.5 Å². The topological polar surface area (TPSA) is 96.0 Å². The van der Waals surface area contributed by atoms with Gasteiger partial charge in [-0.05, 0) is 86.6 Å². The number of halogens is 1. The second-order valence-electron chi connectivity index (χ2n) is 11.3. The van der Waals surface area contributed by atoms with Crippen LogP contribution in [0.4, 0.5) is 0 Å². The fourth-order valence-electron chi connectivity index (χ4n) is 6.42. The van der Waals surface area contributed by atoms with Gasteiger partial charge in [0.2, 0.25) is 5.91 Å². The van der Waals surface area contributed by atoms with Crippen LogP contribution in [0.3, 0.4) is 0 Å². The highest BCUT2D eigenvalue weighted by molar-refractivity contribution is 6.31. The number of aliphatic hydroxyl groups is 2. The second kappa shape index (κ2) is 12.9. The predicted octanol–water partition coefficient (Wildman–Crippen LogP) is 4.58. The molecule has 0 radical (unpaired) electrons. The number of hydrogen-bond acceptors (Lipinski definition) is 5. The third-order valence-electron chi connectivity index (χ3n) is 8.70. The molecule has 2 aromatic carbocycles. The summed E-state index contributed by atoms with van der Waals surface area (Å²) in [6, 6.07) is 13.8. The molecule has 1 amide bonds. The third-order valence-corrected chi connectivity index (χ3v) is 9.06. The molecule has 1 aliphatic heterocycles. The Bertz CT molecular complexity index is 1090. The Hall–Kier alpha value is -1.96. The van der Waals surface area contributed by atoms with Crippen molar-refractivity contribution in [1.29, 1.82) is 0 Å². The lowest BCUT2D eigenvalue weighted by Crippen LogP contribution is -2.49. The SMILES string of the molecule is COCCCCC(O)(c1cccc(Cl)c1Cc1ccccc1C)[C@@H]1CCCN(C(=O)[C@H]2C[C@@H](N)[C@@H](O)C2)C1. The number of nitrogens with zero attached hydrogens (tertiary/aromatic N) is 1. The standard InChI is InChI=1S/C31H43ClN2O4/c1-21-9-3-4-10-22(21)17-25-26(12-7-13-27(25)32)31(37,14-5-6-16-38-2)24-11-8-15-34(20-24)30(36)23-18-28(33)29(35)19-23/h3-4,7,9-10,12-13,23-24,28-29,35,37H,5-6,8,11,14-20,33H2,1-2H3/t23-,24+,28+,29-,31?/m0/s1. The fraction of sp³-hybridized carbons (Fsp3) is 0.581. The number of piperidine rings is 1. The van der Waals surface area contributed by atoms with Gasteiger partial charge in [0.1, 0.15) is 0 Å². The number of unbranched alkanes of at least 4 members (excludes halogenated alkanes) is 1. The Kier molecular flexibility index (Phi) is 9.88. The van der Waals surface area contributed by atoms with Crippen LogP contribution in [0.15, 0.2) is 42.5 Å². The highest BCUT2D eigenvalue weighted by Crippen LogP contribution is 2.43. The Morgan fingerprint density at radius 3 is 2.68 bits per heavy atom. The van der Waals surface area contributed by atoms with Crippen molar-refractivity contribution in [3.63, 3.8) is 0 Å². The van der Waals surface area contributed by atoms with Gasteiger partial charge in [0.25, 0.3) is 0 Å². The molecule has 38 heavy (non-hydrogen) atoms. The molecule has 2 aliphatic rings. The van der Waals surface area contributed by atoms with Gasteiger partial charge in [-0.15, -0.1) is 0 Å². The summed E-state index contributed by atoms with van der Waals surface area (Å²) >= 11 is 6.82. The number of aliphatic hydroxyl groups excluding tert-OH is 1. The van der Waals surface area contributed by atoms with Crippen LogP contribution in [-0.4, -0.2) is 60.0 Å². The summed E-state index contributed by atoms with van der Waals surface area (Å²) in [6.07, 6.45) is 4.80. The van der Waals surface area contributed by atoms with Crippen LogP contribution in [0.1, 0.15) is 67.2 Å². The van der Waals surface area contributed by atoms with Gasteiger partial charge in [0.15, 0.2) is 0 Å². The smallest absolute Gasteiger partial charge is 0.225 e. The van der Waals surface area contributed by atoms with Crippen LogP contribution in [0.2, 0.25) is 5.02 Å². The van der Waals surface area contributed by atoms with Crippen molar-refractivity contribution < 1.29 is 19.7 Å². The molecular formula is C31H43ClN2O4. The predicted molar refractivity (Wildman–Crippen MR) is 151 cm³/mol. The zero-order valence-corrected chi connectivity index (χ0v) is 23.5. The maximum absolute atomic E-state index is 13.4. The van der Waals surface area contributed by atoms with E-state index in [4.69, 9.17) is 22.1 Å². The molecule has 6 nitrogen and oxygen atoms in total. The van der Waals surface area contributed by atoms with Crippen LogP contribution in [0, 0.1) is 18.8 Å². The monoisotopic (exact) mass is 542 g/mol. The molecule has 1 aliphatic carbocycles. The molecule has 4 N–H and O–H groups in total. The van der Waals surface area contributed by atoms with Crippen molar-refractivity contribution in [2.75, 3.05) is 26.8 Å². The highest BCUT2D eigenvalue weighted by atomic mass is 35.5. The normalized spacial score (nSPS) is 25.4. The van der Waals surface area contributed by atoms with Crippen LogP contribution < -0.4 is 5.73 Å². The molecule has 5 atom stereocenters. The summed E-state index contributed by atoms with van der Waals surface area (Å²) < 4.78 is 5.28. The van der Waals surface area contributed by atoms with Gasteiger partial charge >= 0.3 is 0 Å². The molecule has 7 heteroatoms. The molecule has 0 aromatic heterocycles. The van der Waals surface area contributed by atoms with Gasteiger partial charge in [0, 0.05) is 49.7 Å². The van der Waals surface area contributed by atoms with Crippen LogP contribution in [0.25, 0.3) is 0 Å². The molecule has 1 saturated heterocycles. The van der Waals surface area contributed by atoms with E-state index in [9.17, 15) is 15.0 Å². The first-order chi connectivity index (χ1) is 18.2. The number of likely N-dealkylation sites (tertiary alicyclic amines) is 1. The fourth-order valence-corrected chi connectivity index (χ4v) is 6.66. The van der Waals surface area contributed by atoms with E-state index in [0.717, 1.165) is 36.8 Å². The molecule has 2 aromatic rings. The Labute approximate surface area is 232 Å². The number of hydrogen-bond donors (Lipinski definition) is 3. The van der Waals surface area contributed by atoms with Gasteiger partial charge in [-0.1, -0.05) is 48.0 Å². The lowest BCUT2D eigenvalue weighted by molar-refractivity contribution is -0.141. The summed E-state index contributed by atoms with van der Waals surface area (Å²) in [5.41, 5.74) is 9.05. The summed E-state index contributed by atoms with van der Waals surface area (Å²) in [5, 5.41) is 23.4. The number of aryl methyl sites for hydroxylation is 1. The lowest BCUT2D eigenvalue weighted by atomic mass is 9.72. The summed E-state index contributed by atoms with van der Waals surface area (Å²) in [4.78, 5) is 15.3. The maximum atomic E-state index is 13.4. The number of methoxy groups -OCH3 is 1. The van der Waals surface area contributed by atoms with E-state index in [0.29, 0.717) is 50.4 Å². The van der Waals surface area contributed by atoms with Crippen molar-refractivity contribution in [2.45, 2.75) is 76.0 Å². The van der Waals surface area contributed by atoms with E-state index in [2.05, 4.69) is 19.1 Å². The van der Waals surface area contributed by atoms with Gasteiger partial charge in [-0.25, -0.2) is 0 Å². The number of rotatable bonds is 10. The Morgan fingerprint density at radius 1 is 1.18 bits per heavy atom. The van der Waals surface area contributed by atoms with Gasteiger partial charge in [-0.3, -0.25) is 4.79 Å². The molecule has 1 saturated carbocycles. The number of amides is 1.